The zero-order chi connectivity index (χ0) is 21.3. The topological polar surface area (TPSA) is 79.5 Å². The number of halogens is 3. The van der Waals surface area contributed by atoms with Gasteiger partial charge in [0.25, 0.3) is 5.91 Å². The van der Waals surface area contributed by atoms with Gasteiger partial charge in [-0.05, 0) is 36.8 Å². The molecule has 9 heteroatoms. The summed E-state index contributed by atoms with van der Waals surface area (Å²) in [5, 5.41) is 7.23. The van der Waals surface area contributed by atoms with Gasteiger partial charge >= 0.3 is 6.18 Å². The number of carbonyl (C=O) groups is 2. The molecule has 0 saturated heterocycles. The van der Waals surface area contributed by atoms with Crippen LogP contribution in [0.4, 0.5) is 18.9 Å². The molecule has 0 atom stereocenters. The van der Waals surface area contributed by atoms with E-state index in [1.165, 1.54) is 18.2 Å². The van der Waals surface area contributed by atoms with E-state index in [4.69, 9.17) is 4.74 Å². The van der Waals surface area contributed by atoms with Gasteiger partial charge in [0.15, 0.2) is 0 Å². The molecule has 6 nitrogen and oxygen atoms in total. The van der Waals surface area contributed by atoms with Crippen molar-refractivity contribution in [2.45, 2.75) is 13.1 Å². The van der Waals surface area contributed by atoms with E-state index >= 15 is 0 Å². The van der Waals surface area contributed by atoms with Crippen molar-refractivity contribution in [1.29, 1.82) is 0 Å². The van der Waals surface area contributed by atoms with Crippen LogP contribution in [-0.2, 0) is 4.79 Å². The number of carbonyl (C=O) groups excluding carboxylic acids is 2. The molecule has 0 aliphatic carbocycles. The number of hydrogen-bond donors (Lipinski definition) is 3. The number of ether oxygens (including phenoxy) is 1. The third-order valence-electron chi connectivity index (χ3n) is 3.74. The van der Waals surface area contributed by atoms with Gasteiger partial charge in [-0.2, -0.15) is 13.2 Å². The molecule has 0 radical (unpaired) electrons. The normalized spacial score (nSPS) is 10.9. The number of hydrogen-bond acceptors (Lipinski definition) is 4. The van der Waals surface area contributed by atoms with Gasteiger partial charge in [-0.3, -0.25) is 9.59 Å². The zero-order valence-corrected chi connectivity index (χ0v) is 15.8. The molecule has 0 aliphatic heterocycles. The van der Waals surface area contributed by atoms with Crippen molar-refractivity contribution in [3.63, 3.8) is 0 Å². The van der Waals surface area contributed by atoms with E-state index < -0.39 is 18.6 Å². The first-order valence-corrected chi connectivity index (χ1v) is 8.88. The van der Waals surface area contributed by atoms with Gasteiger partial charge in [0, 0.05) is 5.69 Å². The highest BCUT2D eigenvalue weighted by Crippen LogP contribution is 2.17. The lowest BCUT2D eigenvalue weighted by atomic mass is 10.1. The van der Waals surface area contributed by atoms with Crippen LogP contribution in [0, 0.1) is 6.92 Å². The predicted octanol–water partition coefficient (Wildman–Crippen LogP) is 2.89. The molecule has 2 amide bonds. The molecule has 0 aromatic heterocycles. The molecule has 0 saturated carbocycles. The van der Waals surface area contributed by atoms with E-state index in [1.807, 2.05) is 36.5 Å². The molecule has 2 aromatic carbocycles. The second kappa shape index (κ2) is 10.4. The Labute approximate surface area is 166 Å². The van der Waals surface area contributed by atoms with E-state index in [0.717, 1.165) is 5.56 Å². The van der Waals surface area contributed by atoms with Crippen LogP contribution >= 0.6 is 0 Å². The molecule has 156 valence electrons. The molecular weight excluding hydrogens is 387 g/mol. The van der Waals surface area contributed by atoms with Gasteiger partial charge in [-0.1, -0.05) is 24.3 Å². The van der Waals surface area contributed by atoms with Crippen LogP contribution in [0.5, 0.6) is 5.75 Å². The second-order valence-corrected chi connectivity index (χ2v) is 6.21. The molecule has 0 fully saturated rings. The molecule has 0 aliphatic rings. The minimum absolute atomic E-state index is 0.0207. The van der Waals surface area contributed by atoms with E-state index in [-0.39, 0.29) is 36.9 Å². The summed E-state index contributed by atoms with van der Waals surface area (Å²) in [6.45, 7) is 0.935. The number of rotatable bonds is 9. The van der Waals surface area contributed by atoms with E-state index in [9.17, 15) is 22.8 Å². The van der Waals surface area contributed by atoms with Crippen LogP contribution in [-0.4, -0.2) is 44.2 Å². The van der Waals surface area contributed by atoms with E-state index in [2.05, 4.69) is 10.6 Å². The molecule has 0 spiro atoms. The first-order valence-electron chi connectivity index (χ1n) is 8.88. The van der Waals surface area contributed by atoms with Crippen LogP contribution < -0.4 is 20.7 Å². The highest BCUT2D eigenvalue weighted by atomic mass is 19.4. The second-order valence-electron chi connectivity index (χ2n) is 6.21. The number of anilines is 1. The molecule has 0 unspecified atom stereocenters. The van der Waals surface area contributed by atoms with Crippen molar-refractivity contribution < 1.29 is 27.5 Å². The van der Waals surface area contributed by atoms with Crippen molar-refractivity contribution >= 4 is 17.5 Å². The van der Waals surface area contributed by atoms with Gasteiger partial charge in [-0.25, -0.2) is 0 Å². The Morgan fingerprint density at radius 1 is 1.03 bits per heavy atom. The number of para-hydroxylation sites is 1. The summed E-state index contributed by atoms with van der Waals surface area (Å²) in [4.78, 5) is 23.9. The van der Waals surface area contributed by atoms with Gasteiger partial charge in [0.1, 0.15) is 18.9 Å². The first kappa shape index (κ1) is 22.1. The van der Waals surface area contributed by atoms with Crippen molar-refractivity contribution in [2.24, 2.45) is 0 Å². The van der Waals surface area contributed by atoms with Crippen LogP contribution in [0.3, 0.4) is 0 Å². The Morgan fingerprint density at radius 2 is 1.79 bits per heavy atom. The van der Waals surface area contributed by atoms with Crippen molar-refractivity contribution in [3.8, 4) is 5.75 Å². The predicted molar refractivity (Wildman–Crippen MR) is 103 cm³/mol. The van der Waals surface area contributed by atoms with E-state index in [0.29, 0.717) is 5.75 Å². The lowest BCUT2D eigenvalue weighted by Crippen LogP contribution is -2.35. The fraction of sp³-hybridized carbons (Fsp3) is 0.300. The fourth-order valence-corrected chi connectivity index (χ4v) is 2.41. The number of aryl methyl sites for hydroxylation is 1. The summed E-state index contributed by atoms with van der Waals surface area (Å²) in [5.74, 6) is -0.517. The summed E-state index contributed by atoms with van der Waals surface area (Å²) in [7, 11) is 0. The summed E-state index contributed by atoms with van der Waals surface area (Å²) < 4.78 is 42.3. The smallest absolute Gasteiger partial charge is 0.405 e. The number of alkyl halides is 3. The van der Waals surface area contributed by atoms with E-state index in [1.54, 1.807) is 6.07 Å². The standard InChI is InChI=1S/C20H22F3N3O3/c1-14-5-4-6-15(11-14)29-10-9-24-18(27)12-25-17-8-3-2-7-16(17)19(28)26-13-20(21,22)23/h2-8,11,25H,9-10,12-13H2,1H3,(H,24,27)(H,26,28). The summed E-state index contributed by atoms with van der Waals surface area (Å²) in [6.07, 6.45) is -4.50. The summed E-state index contributed by atoms with van der Waals surface area (Å²) in [5.41, 5.74) is 1.35. The third-order valence-corrected chi connectivity index (χ3v) is 3.74. The molecular formula is C20H22F3N3O3. The third kappa shape index (κ3) is 8.12. The number of benzene rings is 2. The van der Waals surface area contributed by atoms with Gasteiger partial charge in [0.2, 0.25) is 5.91 Å². The first-order chi connectivity index (χ1) is 13.7. The molecule has 2 rings (SSSR count). The Kier molecular flexibility index (Phi) is 7.88. The average molecular weight is 409 g/mol. The SMILES string of the molecule is Cc1cccc(OCCNC(=O)CNc2ccccc2C(=O)NCC(F)(F)F)c1. The van der Waals surface area contributed by atoms with Crippen molar-refractivity contribution in [1.82, 2.24) is 10.6 Å². The lowest BCUT2D eigenvalue weighted by Gasteiger charge is -2.13. The van der Waals surface area contributed by atoms with Crippen molar-refractivity contribution in [3.05, 3.63) is 59.7 Å². The van der Waals surface area contributed by atoms with Gasteiger partial charge < -0.3 is 20.7 Å². The number of nitrogens with one attached hydrogen (secondary N) is 3. The Hall–Kier alpha value is -3.23. The minimum Gasteiger partial charge on any atom is -0.492 e. The van der Waals surface area contributed by atoms with Gasteiger partial charge in [-0.15, -0.1) is 0 Å². The van der Waals surface area contributed by atoms with Gasteiger partial charge in [0.05, 0.1) is 18.7 Å². The van der Waals surface area contributed by atoms with Crippen LogP contribution in [0.2, 0.25) is 0 Å². The number of amides is 2. The Bertz CT molecular complexity index is 841. The maximum absolute atomic E-state index is 12.3. The quantitative estimate of drug-likeness (QED) is 0.557. The molecule has 2 aromatic rings. The largest absolute Gasteiger partial charge is 0.492 e. The van der Waals surface area contributed by atoms with Crippen LogP contribution in [0.1, 0.15) is 15.9 Å². The molecule has 0 heterocycles. The minimum atomic E-state index is -4.50. The summed E-state index contributed by atoms with van der Waals surface area (Å²) >= 11 is 0. The lowest BCUT2D eigenvalue weighted by molar-refractivity contribution is -0.123. The van der Waals surface area contributed by atoms with Crippen LogP contribution in [0.15, 0.2) is 48.5 Å². The highest BCUT2D eigenvalue weighted by molar-refractivity contribution is 6.00. The fourth-order valence-electron chi connectivity index (χ4n) is 2.41. The highest BCUT2D eigenvalue weighted by Gasteiger charge is 2.28. The summed E-state index contributed by atoms with van der Waals surface area (Å²) in [6, 6.07) is 13.5. The molecule has 3 N–H and O–H groups in total. The maximum atomic E-state index is 12.3. The maximum Gasteiger partial charge on any atom is 0.405 e. The molecule has 29 heavy (non-hydrogen) atoms. The zero-order valence-electron chi connectivity index (χ0n) is 15.8. The van der Waals surface area contributed by atoms with Crippen LogP contribution in [0.25, 0.3) is 0 Å². The monoisotopic (exact) mass is 409 g/mol. The Balaban J connectivity index is 1.77. The van der Waals surface area contributed by atoms with Crippen molar-refractivity contribution in [2.75, 3.05) is 31.6 Å². The molecule has 0 bridgehead atoms. The Morgan fingerprint density at radius 3 is 2.52 bits per heavy atom. The average Bonchev–Trinajstić information content (AvgIpc) is 2.67.